The zero-order chi connectivity index (χ0) is 5.72. The molecule has 0 radical (unpaired) electrons. The second-order valence-corrected chi connectivity index (χ2v) is 2.19. The Balaban J connectivity index is 2.31. The summed E-state index contributed by atoms with van der Waals surface area (Å²) in [6.45, 7) is 0. The van der Waals surface area contributed by atoms with Gasteiger partial charge in [0.25, 0.3) is 0 Å². The maximum absolute atomic E-state index is 10.4. The molecule has 2 aliphatic rings. The first-order valence-corrected chi connectivity index (χ1v) is 2.54. The Hall–Kier alpha value is -0.860. The van der Waals surface area contributed by atoms with E-state index in [0.717, 1.165) is 6.42 Å². The second-order valence-electron chi connectivity index (χ2n) is 2.19. The van der Waals surface area contributed by atoms with Crippen molar-refractivity contribution in [2.45, 2.75) is 6.42 Å². The third kappa shape index (κ3) is 0.300. The van der Waals surface area contributed by atoms with Gasteiger partial charge >= 0.3 is 11.9 Å². The highest BCUT2D eigenvalue weighted by Gasteiger charge is 2.57. The molecule has 8 heavy (non-hydrogen) atoms. The van der Waals surface area contributed by atoms with E-state index in [1.165, 1.54) is 0 Å². The van der Waals surface area contributed by atoms with Crippen LogP contribution >= 0.6 is 0 Å². The number of rotatable bonds is 0. The molecule has 3 heteroatoms. The Kier molecular flexibility index (Phi) is 0.477. The molecule has 0 amide bonds. The lowest BCUT2D eigenvalue weighted by molar-refractivity contribution is -0.155. The minimum atomic E-state index is -0.319. The fourth-order valence-electron chi connectivity index (χ4n) is 0.967. The Bertz CT molecular complexity index is 155. The highest BCUT2D eigenvalue weighted by atomic mass is 16.6. The van der Waals surface area contributed by atoms with Crippen molar-refractivity contribution in [1.29, 1.82) is 0 Å². The SMILES string of the molecule is O=C1OC(=O)[C@H]2C[C@H]12. The Labute approximate surface area is 45.6 Å². The summed E-state index contributed by atoms with van der Waals surface area (Å²) in [6, 6.07) is 0. The molecule has 2 fully saturated rings. The van der Waals surface area contributed by atoms with Crippen LogP contribution in [0.15, 0.2) is 0 Å². The van der Waals surface area contributed by atoms with Gasteiger partial charge in [0.2, 0.25) is 0 Å². The summed E-state index contributed by atoms with van der Waals surface area (Å²) in [5.41, 5.74) is 0. The van der Waals surface area contributed by atoms with Gasteiger partial charge < -0.3 is 4.74 Å². The van der Waals surface area contributed by atoms with Gasteiger partial charge in [-0.15, -0.1) is 0 Å². The first kappa shape index (κ1) is 4.06. The maximum atomic E-state index is 10.4. The fourth-order valence-corrected chi connectivity index (χ4v) is 0.967. The van der Waals surface area contributed by atoms with Crippen molar-refractivity contribution in [3.8, 4) is 0 Å². The number of carbonyl (C=O) groups is 2. The van der Waals surface area contributed by atoms with E-state index in [-0.39, 0.29) is 23.8 Å². The molecule has 1 saturated carbocycles. The van der Waals surface area contributed by atoms with Crippen molar-refractivity contribution in [3.63, 3.8) is 0 Å². The van der Waals surface area contributed by atoms with Gasteiger partial charge in [-0.1, -0.05) is 0 Å². The van der Waals surface area contributed by atoms with Crippen molar-refractivity contribution in [2.24, 2.45) is 11.8 Å². The molecule has 1 aliphatic heterocycles. The van der Waals surface area contributed by atoms with Crippen LogP contribution in [-0.4, -0.2) is 11.9 Å². The minimum absolute atomic E-state index is 0.0532. The zero-order valence-corrected chi connectivity index (χ0v) is 4.09. The molecular formula is C5H4O3. The summed E-state index contributed by atoms with van der Waals surface area (Å²) in [6.07, 6.45) is 0.734. The topological polar surface area (TPSA) is 43.4 Å². The average molecular weight is 112 g/mol. The molecule has 2 rings (SSSR count). The molecule has 0 unspecified atom stereocenters. The van der Waals surface area contributed by atoms with Crippen molar-refractivity contribution in [3.05, 3.63) is 0 Å². The summed E-state index contributed by atoms with van der Waals surface area (Å²) in [4.78, 5) is 20.8. The van der Waals surface area contributed by atoms with E-state index in [1.807, 2.05) is 0 Å². The standard InChI is InChI=1S/C5H4O3/c6-4-2-1-3(2)5(7)8-4/h2-3H,1H2/t2-,3-/m0/s1. The zero-order valence-electron chi connectivity index (χ0n) is 4.09. The quantitative estimate of drug-likeness (QED) is 0.319. The number of cyclic esters (lactones) is 2. The Morgan fingerprint density at radius 1 is 1.25 bits per heavy atom. The minimum Gasteiger partial charge on any atom is -0.393 e. The normalized spacial score (nSPS) is 41.5. The van der Waals surface area contributed by atoms with E-state index < -0.39 is 0 Å². The monoisotopic (exact) mass is 112 g/mol. The predicted molar refractivity (Wildman–Crippen MR) is 22.7 cm³/mol. The number of ether oxygens (including phenoxy) is 1. The largest absolute Gasteiger partial charge is 0.393 e. The fraction of sp³-hybridized carbons (Fsp3) is 0.600. The maximum Gasteiger partial charge on any atom is 0.317 e. The van der Waals surface area contributed by atoms with Crippen LogP contribution in [0.1, 0.15) is 6.42 Å². The number of fused-ring (bicyclic) bond motifs is 1. The third-order valence-electron chi connectivity index (χ3n) is 1.60. The lowest BCUT2D eigenvalue weighted by Crippen LogP contribution is -2.03. The first-order valence-electron chi connectivity index (χ1n) is 2.54. The van der Waals surface area contributed by atoms with Crippen LogP contribution in [0.4, 0.5) is 0 Å². The molecule has 42 valence electrons. The molecule has 3 nitrogen and oxygen atoms in total. The Morgan fingerprint density at radius 3 is 1.88 bits per heavy atom. The Morgan fingerprint density at radius 2 is 1.75 bits per heavy atom. The highest BCUT2D eigenvalue weighted by molar-refractivity contribution is 6.00. The van der Waals surface area contributed by atoms with E-state index >= 15 is 0 Å². The second kappa shape index (κ2) is 0.940. The molecule has 0 N–H and O–H groups in total. The molecule has 1 saturated heterocycles. The number of carbonyl (C=O) groups excluding carboxylic acids is 2. The molecule has 0 spiro atoms. The van der Waals surface area contributed by atoms with Gasteiger partial charge in [-0.3, -0.25) is 9.59 Å². The van der Waals surface area contributed by atoms with Crippen LogP contribution < -0.4 is 0 Å². The molecule has 1 heterocycles. The summed E-state index contributed by atoms with van der Waals surface area (Å²) >= 11 is 0. The lowest BCUT2D eigenvalue weighted by Gasteiger charge is -1.87. The van der Waals surface area contributed by atoms with Crippen LogP contribution in [-0.2, 0) is 14.3 Å². The van der Waals surface area contributed by atoms with Gasteiger partial charge in [-0.05, 0) is 6.42 Å². The summed E-state index contributed by atoms with van der Waals surface area (Å²) in [7, 11) is 0. The highest BCUT2D eigenvalue weighted by Crippen LogP contribution is 2.45. The molecule has 0 bridgehead atoms. The van der Waals surface area contributed by atoms with Crippen LogP contribution in [0.2, 0.25) is 0 Å². The average Bonchev–Trinajstić information content (AvgIpc) is 2.35. The van der Waals surface area contributed by atoms with E-state index in [0.29, 0.717) is 0 Å². The smallest absolute Gasteiger partial charge is 0.317 e. The molecule has 0 aromatic carbocycles. The summed E-state index contributed by atoms with van der Waals surface area (Å²) in [5, 5.41) is 0. The summed E-state index contributed by atoms with van der Waals surface area (Å²) < 4.78 is 4.25. The first-order chi connectivity index (χ1) is 3.79. The van der Waals surface area contributed by atoms with Crippen molar-refractivity contribution in [2.75, 3.05) is 0 Å². The molecule has 0 aromatic heterocycles. The molecule has 0 aromatic rings. The van der Waals surface area contributed by atoms with E-state index in [4.69, 9.17) is 0 Å². The van der Waals surface area contributed by atoms with Crippen LogP contribution in [0, 0.1) is 11.8 Å². The van der Waals surface area contributed by atoms with Crippen molar-refractivity contribution in [1.82, 2.24) is 0 Å². The van der Waals surface area contributed by atoms with E-state index in [1.54, 1.807) is 0 Å². The van der Waals surface area contributed by atoms with Gasteiger partial charge in [-0.2, -0.15) is 0 Å². The van der Waals surface area contributed by atoms with E-state index in [2.05, 4.69) is 4.74 Å². The third-order valence-corrected chi connectivity index (χ3v) is 1.60. The van der Waals surface area contributed by atoms with Gasteiger partial charge in [0.1, 0.15) is 0 Å². The number of hydrogen-bond acceptors (Lipinski definition) is 3. The van der Waals surface area contributed by atoms with Gasteiger partial charge in [-0.25, -0.2) is 0 Å². The van der Waals surface area contributed by atoms with Gasteiger partial charge in [0, 0.05) is 0 Å². The van der Waals surface area contributed by atoms with Crippen molar-refractivity contribution >= 4 is 11.9 Å². The number of esters is 2. The van der Waals surface area contributed by atoms with Crippen LogP contribution in [0.3, 0.4) is 0 Å². The van der Waals surface area contributed by atoms with Crippen LogP contribution in [0.5, 0.6) is 0 Å². The molecular weight excluding hydrogens is 108 g/mol. The molecule has 1 aliphatic carbocycles. The van der Waals surface area contributed by atoms with Gasteiger partial charge in [0.05, 0.1) is 11.8 Å². The van der Waals surface area contributed by atoms with Crippen molar-refractivity contribution < 1.29 is 14.3 Å². The lowest BCUT2D eigenvalue weighted by atomic mass is 10.4. The predicted octanol–water partition coefficient (Wildman–Crippen LogP) is -0.294. The van der Waals surface area contributed by atoms with Gasteiger partial charge in [0.15, 0.2) is 0 Å². The van der Waals surface area contributed by atoms with Crippen LogP contribution in [0.25, 0.3) is 0 Å². The molecule has 2 atom stereocenters. The summed E-state index contributed by atoms with van der Waals surface area (Å²) in [5.74, 6) is -0.745. The van der Waals surface area contributed by atoms with E-state index in [9.17, 15) is 9.59 Å². The number of hydrogen-bond donors (Lipinski definition) is 0.